The van der Waals surface area contributed by atoms with Crippen molar-refractivity contribution in [3.05, 3.63) is 0 Å². The molecule has 9 rings (SSSR count). The van der Waals surface area contributed by atoms with Crippen LogP contribution in [-0.2, 0) is 42.9 Å². The number of hydrogen-bond acceptors (Lipinski definition) is 10. The number of rotatable bonds is 11. The molecule has 8 saturated carbocycles. The molecule has 10 nitrogen and oxygen atoms in total. The second-order valence-corrected chi connectivity index (χ2v) is 23.0. The highest BCUT2D eigenvalue weighted by Gasteiger charge is 2.64. The lowest BCUT2D eigenvalue weighted by Crippen LogP contribution is -2.61. The van der Waals surface area contributed by atoms with Crippen LogP contribution in [0.4, 0.5) is 0 Å². The van der Waals surface area contributed by atoms with Crippen LogP contribution in [0.25, 0.3) is 0 Å². The van der Waals surface area contributed by atoms with Gasteiger partial charge in [0.05, 0.1) is 33.9 Å². The Morgan fingerprint density at radius 1 is 0.750 bits per heavy atom. The number of carbonyl (C=O) groups excluding carboxylic acids is 4. The second kappa shape index (κ2) is 21.4. The minimum Gasteiger partial charge on any atom is -0.459 e. The Morgan fingerprint density at radius 3 is 1.73 bits per heavy atom. The van der Waals surface area contributed by atoms with Gasteiger partial charge >= 0.3 is 23.9 Å². The van der Waals surface area contributed by atoms with Crippen molar-refractivity contribution in [2.75, 3.05) is 0 Å². The van der Waals surface area contributed by atoms with Crippen molar-refractivity contribution in [1.29, 1.82) is 0 Å². The Labute approximate surface area is 393 Å². The summed E-state index contributed by atoms with van der Waals surface area (Å²) in [5.41, 5.74) is -1.68. The highest BCUT2D eigenvalue weighted by molar-refractivity contribution is 5.78. The van der Waals surface area contributed by atoms with E-state index in [1.165, 1.54) is 19.3 Å². The van der Waals surface area contributed by atoms with Crippen molar-refractivity contribution < 1.29 is 48.0 Å². The van der Waals surface area contributed by atoms with E-state index in [2.05, 4.69) is 20.8 Å². The van der Waals surface area contributed by atoms with E-state index in [1.807, 2.05) is 69.2 Å². The third-order valence-corrected chi connectivity index (χ3v) is 17.6. The average Bonchev–Trinajstić information content (AvgIpc) is 3.86. The largest absolute Gasteiger partial charge is 0.459 e. The Balaban J connectivity index is 0.000000890. The first-order chi connectivity index (χ1) is 26.7. The number of hydrogen-bond donors (Lipinski definition) is 1. The number of carbonyl (C=O) groups is 4. The number of fused-ring (bicyclic) bond motifs is 3. The molecule has 0 radical (unpaired) electrons. The van der Waals surface area contributed by atoms with Gasteiger partial charge in [0.2, 0.25) is 0 Å². The molecule has 0 spiro atoms. The van der Waals surface area contributed by atoms with Gasteiger partial charge in [-0.1, -0.05) is 86.1 Å². The second-order valence-electron chi connectivity index (χ2n) is 23.0. The zero-order valence-corrected chi connectivity index (χ0v) is 38.3. The molecule has 8 aliphatic carbocycles. The van der Waals surface area contributed by atoms with Gasteiger partial charge in [-0.25, -0.2) is 0 Å². The minimum atomic E-state index is -0.555. The maximum atomic E-state index is 12.4. The Bertz CT molecular complexity index is 1560. The first-order valence-corrected chi connectivity index (χ1v) is 23.0. The summed E-state index contributed by atoms with van der Waals surface area (Å²) in [6.07, 6.45) is 12.8. The molecule has 0 aromatic heterocycles. The van der Waals surface area contributed by atoms with E-state index < -0.39 is 28.1 Å². The first kappa shape index (κ1) is 61.8. The quantitative estimate of drug-likeness (QED) is 0.121. The smallest absolute Gasteiger partial charge is 0.313 e. The first-order valence-electron chi connectivity index (χ1n) is 23.0. The zero-order chi connectivity index (χ0) is 43.0. The fraction of sp³-hybridized carbons (Fsp3) is 0.926. The van der Waals surface area contributed by atoms with E-state index in [9.17, 15) is 24.3 Å². The molecule has 0 amide bonds. The Kier molecular flexibility index (Phi) is 20.7. The fourth-order valence-electron chi connectivity index (χ4n) is 12.3. The van der Waals surface area contributed by atoms with Crippen molar-refractivity contribution >= 4 is 23.9 Å². The van der Waals surface area contributed by atoms with Crippen LogP contribution in [0, 0.1) is 62.6 Å². The highest BCUT2D eigenvalue weighted by Crippen LogP contribution is 2.66. The van der Waals surface area contributed by atoms with Gasteiger partial charge in [-0.05, 0) is 161 Å². The van der Waals surface area contributed by atoms with Crippen LogP contribution in [0.2, 0.25) is 0 Å². The van der Waals surface area contributed by atoms with Gasteiger partial charge in [-0.3, -0.25) is 19.2 Å². The molecular formula is C54H102O10. The summed E-state index contributed by atoms with van der Waals surface area (Å²) in [5.74, 6) is 2.07. The molecule has 64 heavy (non-hydrogen) atoms. The van der Waals surface area contributed by atoms with E-state index in [-0.39, 0.29) is 104 Å². The SMILES string of the molecule is C.C.C.C.C.C.CCC(C)(C)C(=O)OC(C)OC1CC2CCC1(C)C2(C)C.CCC(C)(C)C(=O)OC12CC3CC(CC(O)(C3)C1)C2.CCC(C)(C)C(=O)OC1C2CC3C(=O)OC1C3C2. The molecule has 8 bridgehead atoms. The topological polar surface area (TPSA) is 135 Å². The van der Waals surface area contributed by atoms with Crippen LogP contribution < -0.4 is 0 Å². The lowest BCUT2D eigenvalue weighted by atomic mass is 9.52. The molecule has 1 aliphatic heterocycles. The van der Waals surface area contributed by atoms with Crippen molar-refractivity contribution in [2.45, 2.75) is 260 Å². The van der Waals surface area contributed by atoms with Crippen LogP contribution in [0.15, 0.2) is 0 Å². The average molecular weight is 911 g/mol. The molecule has 1 N–H and O–H groups in total. The monoisotopic (exact) mass is 911 g/mol. The third kappa shape index (κ3) is 11.4. The van der Waals surface area contributed by atoms with Gasteiger partial charge < -0.3 is 28.8 Å². The van der Waals surface area contributed by atoms with Crippen LogP contribution >= 0.6 is 0 Å². The molecule has 0 aromatic carbocycles. The van der Waals surface area contributed by atoms with Crippen LogP contribution in [0.1, 0.15) is 224 Å². The summed E-state index contributed by atoms with van der Waals surface area (Å²) < 4.78 is 28.7. The standard InChI is InChI=1S/C18H32O3.C16H26O3.C14H20O4.6CH4/c1-8-16(3,4)15(19)21-12(2)20-14-11-13-9-10-18(14,7)17(13,5)6;1-4-14(2,3)13(17)19-16-8-11-5-12(9-16)7-15(18,6-11)10-16;1-4-14(2,3)13(16)18-10-7-5-8-9(6-7)12(15)17-11(8)10;;;;;;/h12-14H,8-11H2,1-7H3;11-12,18H,4-10H2,1-3H3;7-11H,4-6H2,1-3H3;6*1H4. The summed E-state index contributed by atoms with van der Waals surface area (Å²) in [4.78, 5) is 48.3. The summed E-state index contributed by atoms with van der Waals surface area (Å²) in [6, 6.07) is 0. The molecule has 11 atom stereocenters. The molecule has 11 unspecified atom stereocenters. The van der Waals surface area contributed by atoms with E-state index in [4.69, 9.17) is 23.7 Å². The molecule has 1 saturated heterocycles. The molecular weight excluding hydrogens is 809 g/mol. The van der Waals surface area contributed by atoms with Gasteiger partial charge in [0.25, 0.3) is 0 Å². The molecule has 0 aromatic rings. The van der Waals surface area contributed by atoms with Gasteiger partial charge in [-0.15, -0.1) is 0 Å². The molecule has 10 heteroatoms. The molecule has 378 valence electrons. The minimum absolute atomic E-state index is 0. The van der Waals surface area contributed by atoms with Crippen molar-refractivity contribution in [3.63, 3.8) is 0 Å². The third-order valence-electron chi connectivity index (χ3n) is 17.6. The summed E-state index contributed by atoms with van der Waals surface area (Å²) in [6.45, 7) is 26.5. The van der Waals surface area contributed by atoms with Crippen molar-refractivity contribution in [3.8, 4) is 0 Å². The van der Waals surface area contributed by atoms with Gasteiger partial charge in [-0.2, -0.15) is 0 Å². The number of aliphatic hydroxyl groups is 1. The highest BCUT2D eigenvalue weighted by atomic mass is 16.7. The maximum absolute atomic E-state index is 12.4. The maximum Gasteiger partial charge on any atom is 0.313 e. The summed E-state index contributed by atoms with van der Waals surface area (Å²) >= 11 is 0. The van der Waals surface area contributed by atoms with E-state index >= 15 is 0 Å². The van der Waals surface area contributed by atoms with Crippen LogP contribution in [-0.4, -0.2) is 64.8 Å². The molecule has 9 aliphatic rings. The predicted octanol–water partition coefficient (Wildman–Crippen LogP) is 13.3. The predicted molar refractivity (Wildman–Crippen MR) is 260 cm³/mol. The van der Waals surface area contributed by atoms with Crippen molar-refractivity contribution in [1.82, 2.24) is 0 Å². The lowest BCUT2D eigenvalue weighted by Gasteiger charge is -2.59. The van der Waals surface area contributed by atoms with Crippen molar-refractivity contribution in [2.24, 2.45) is 62.6 Å². The fourth-order valence-corrected chi connectivity index (χ4v) is 12.3. The van der Waals surface area contributed by atoms with E-state index in [0.29, 0.717) is 35.5 Å². The summed E-state index contributed by atoms with van der Waals surface area (Å²) in [5, 5.41) is 10.6. The zero-order valence-electron chi connectivity index (χ0n) is 38.3. The lowest BCUT2D eigenvalue weighted by molar-refractivity contribution is -0.225. The number of ether oxygens (including phenoxy) is 5. The Hall–Kier alpha value is -2.20. The normalized spacial score (nSPS) is 36.5. The van der Waals surface area contributed by atoms with Crippen LogP contribution in [0.3, 0.4) is 0 Å². The van der Waals surface area contributed by atoms with E-state index in [0.717, 1.165) is 70.1 Å². The number of esters is 4. The summed E-state index contributed by atoms with van der Waals surface area (Å²) in [7, 11) is 0. The van der Waals surface area contributed by atoms with Gasteiger partial charge in [0.15, 0.2) is 6.29 Å². The van der Waals surface area contributed by atoms with Gasteiger partial charge in [0, 0.05) is 18.3 Å². The van der Waals surface area contributed by atoms with Gasteiger partial charge in [0.1, 0.15) is 17.8 Å². The Morgan fingerprint density at radius 2 is 1.27 bits per heavy atom. The molecule has 9 fully saturated rings. The molecule has 1 heterocycles. The van der Waals surface area contributed by atoms with Crippen LogP contribution in [0.5, 0.6) is 0 Å². The van der Waals surface area contributed by atoms with E-state index in [1.54, 1.807) is 0 Å².